The maximum absolute atomic E-state index is 13.6. The van der Waals surface area contributed by atoms with Crippen LogP contribution in [-0.2, 0) is 21.4 Å². The van der Waals surface area contributed by atoms with Crippen LogP contribution in [0.25, 0.3) is 22.2 Å². The average molecular weight is 684 g/mol. The molecule has 270 valence electrons. The molecule has 0 bridgehead atoms. The lowest BCUT2D eigenvalue weighted by Crippen LogP contribution is -2.46. The highest BCUT2D eigenvalue weighted by atomic mass is 16.6. The molecule has 2 amide bonds. The smallest absolute Gasteiger partial charge is 0.410 e. The number of fused-ring (bicyclic) bond motifs is 1. The number of ether oxygens (including phenoxy) is 1. The number of carbonyl (C=O) groups excluding carboxylic acids is 2. The van der Waals surface area contributed by atoms with E-state index in [0.29, 0.717) is 51.5 Å². The topological polar surface area (TPSA) is 126 Å². The van der Waals surface area contributed by atoms with Crippen molar-refractivity contribution in [3.8, 4) is 17.5 Å². The quantitative estimate of drug-likeness (QED) is 0.0841. The van der Waals surface area contributed by atoms with Crippen LogP contribution < -0.4 is 10.6 Å². The van der Waals surface area contributed by atoms with Gasteiger partial charge in [-0.3, -0.25) is 15.1 Å². The number of rotatable bonds is 11. The fraction of sp³-hybridized carbons (Fsp3) is 0.550. The van der Waals surface area contributed by atoms with Gasteiger partial charge in [-0.2, -0.15) is 5.26 Å². The van der Waals surface area contributed by atoms with E-state index in [9.17, 15) is 14.9 Å². The number of amides is 2. The molecule has 3 aromatic rings. The third kappa shape index (κ3) is 9.38. The number of H-pyrrole nitrogens is 1. The Hall–Kier alpha value is -4.52. The highest BCUT2D eigenvalue weighted by Gasteiger charge is 2.34. The van der Waals surface area contributed by atoms with Crippen LogP contribution >= 0.6 is 0 Å². The fourth-order valence-corrected chi connectivity index (χ4v) is 6.98. The summed E-state index contributed by atoms with van der Waals surface area (Å²) in [6.07, 6.45) is 6.00. The number of aryl methyl sites for hydroxylation is 2. The van der Waals surface area contributed by atoms with Crippen LogP contribution in [0.4, 0.5) is 4.79 Å². The molecule has 4 rings (SSSR count). The van der Waals surface area contributed by atoms with Crippen molar-refractivity contribution in [2.24, 2.45) is 4.99 Å². The molecule has 10 heteroatoms. The number of benzene rings is 2. The van der Waals surface area contributed by atoms with E-state index in [0.717, 1.165) is 52.5 Å². The Morgan fingerprint density at radius 1 is 1.06 bits per heavy atom. The molecule has 2 aromatic carbocycles. The van der Waals surface area contributed by atoms with E-state index in [1.165, 1.54) is 11.1 Å². The van der Waals surface area contributed by atoms with Gasteiger partial charge in [-0.1, -0.05) is 23.3 Å². The number of hydrogen-bond donors (Lipinski definition) is 3. The Morgan fingerprint density at radius 2 is 1.76 bits per heavy atom. The first kappa shape index (κ1) is 38.3. The Bertz CT molecular complexity index is 1700. The first-order chi connectivity index (χ1) is 23.7. The standard InChI is InChI=1S/C40H57N7O3/c1-10-46(11-2)36(48)40(8,9)30-15-16-34-33(25-30)32(35(45-34)29-23-27(3)22-28(4)24-29)18-20-43-37(44-26-41)42-19-17-31-14-12-13-21-47(31)38(49)50-39(5,6)7/h15-16,22-25,31,45H,10-14,17-21H2,1-9H3,(H2,42,43,44). The molecule has 1 atom stereocenters. The van der Waals surface area contributed by atoms with Crippen molar-refractivity contribution in [2.75, 3.05) is 32.7 Å². The minimum Gasteiger partial charge on any atom is -0.444 e. The second kappa shape index (κ2) is 16.5. The van der Waals surface area contributed by atoms with Crippen molar-refractivity contribution in [1.29, 1.82) is 5.26 Å². The Morgan fingerprint density at radius 3 is 2.40 bits per heavy atom. The van der Waals surface area contributed by atoms with Gasteiger partial charge in [0.1, 0.15) is 5.60 Å². The zero-order valence-electron chi connectivity index (χ0n) is 31.6. The Labute approximate surface area is 298 Å². The fourth-order valence-electron chi connectivity index (χ4n) is 6.98. The number of likely N-dealkylation sites (N-methyl/N-ethyl adjacent to an activating group) is 1. The molecule has 0 aliphatic carbocycles. The molecule has 0 saturated carbocycles. The van der Waals surface area contributed by atoms with Crippen molar-refractivity contribution in [2.45, 2.75) is 111 Å². The van der Waals surface area contributed by atoms with Crippen molar-refractivity contribution in [3.63, 3.8) is 0 Å². The van der Waals surface area contributed by atoms with Crippen LogP contribution in [-0.4, -0.2) is 77.1 Å². The third-order valence-corrected chi connectivity index (χ3v) is 9.55. The summed E-state index contributed by atoms with van der Waals surface area (Å²) in [5.41, 5.74) is 6.40. The van der Waals surface area contributed by atoms with Crippen molar-refractivity contribution in [1.82, 2.24) is 25.4 Å². The molecule has 1 aliphatic heterocycles. The molecule has 0 radical (unpaired) electrons. The Balaban J connectivity index is 1.58. The molecule has 1 fully saturated rings. The van der Waals surface area contributed by atoms with Gasteiger partial charge in [-0.25, -0.2) is 4.79 Å². The molecule has 3 N–H and O–H groups in total. The lowest BCUT2D eigenvalue weighted by Gasteiger charge is -2.36. The minimum atomic E-state index is -0.693. The van der Waals surface area contributed by atoms with Gasteiger partial charge < -0.3 is 24.8 Å². The molecule has 10 nitrogen and oxygen atoms in total. The lowest BCUT2D eigenvalue weighted by atomic mass is 9.82. The maximum atomic E-state index is 13.6. The number of nitrogens with one attached hydrogen (secondary N) is 3. The van der Waals surface area contributed by atoms with Gasteiger partial charge in [0.05, 0.1) is 5.41 Å². The van der Waals surface area contributed by atoms with Crippen molar-refractivity contribution < 1.29 is 14.3 Å². The summed E-state index contributed by atoms with van der Waals surface area (Å²) in [7, 11) is 0. The average Bonchev–Trinajstić information content (AvgIpc) is 3.42. The van der Waals surface area contributed by atoms with E-state index in [-0.39, 0.29) is 18.0 Å². The molecule has 1 saturated heterocycles. The third-order valence-electron chi connectivity index (χ3n) is 9.55. The van der Waals surface area contributed by atoms with Crippen LogP contribution in [0.3, 0.4) is 0 Å². The highest BCUT2D eigenvalue weighted by Crippen LogP contribution is 2.35. The monoisotopic (exact) mass is 683 g/mol. The van der Waals surface area contributed by atoms with Crippen LogP contribution in [0.15, 0.2) is 41.4 Å². The molecular formula is C40H57N7O3. The number of guanidine groups is 1. The summed E-state index contributed by atoms with van der Waals surface area (Å²) >= 11 is 0. The van der Waals surface area contributed by atoms with Crippen molar-refractivity contribution >= 4 is 28.9 Å². The number of nitrogens with zero attached hydrogens (tertiary/aromatic N) is 4. The van der Waals surface area contributed by atoms with Crippen LogP contribution in [0.5, 0.6) is 0 Å². The first-order valence-electron chi connectivity index (χ1n) is 18.1. The molecule has 1 unspecified atom stereocenters. The summed E-state index contributed by atoms with van der Waals surface area (Å²) in [5.74, 6) is 0.521. The lowest BCUT2D eigenvalue weighted by molar-refractivity contribution is -0.135. The van der Waals surface area contributed by atoms with Crippen molar-refractivity contribution in [3.05, 3.63) is 58.7 Å². The van der Waals surface area contributed by atoms with Gasteiger partial charge in [0.25, 0.3) is 0 Å². The van der Waals surface area contributed by atoms with Gasteiger partial charge in [-0.05, 0) is 135 Å². The van der Waals surface area contributed by atoms with E-state index < -0.39 is 11.0 Å². The predicted molar refractivity (Wildman–Crippen MR) is 202 cm³/mol. The number of aromatic nitrogens is 1. The largest absolute Gasteiger partial charge is 0.444 e. The zero-order chi connectivity index (χ0) is 36.6. The normalized spacial score (nSPS) is 15.5. The van der Waals surface area contributed by atoms with Crippen LogP contribution in [0, 0.1) is 25.3 Å². The number of nitriles is 1. The number of piperidine rings is 1. The second-order valence-electron chi connectivity index (χ2n) is 15.0. The number of carbonyl (C=O) groups is 2. The number of hydrogen-bond acceptors (Lipinski definition) is 5. The van der Waals surface area contributed by atoms with E-state index in [4.69, 9.17) is 9.73 Å². The first-order valence-corrected chi connectivity index (χ1v) is 18.1. The summed E-state index contributed by atoms with van der Waals surface area (Å²) in [5, 5.41) is 16.7. The zero-order valence-corrected chi connectivity index (χ0v) is 31.6. The molecule has 1 aromatic heterocycles. The summed E-state index contributed by atoms with van der Waals surface area (Å²) in [6, 6.07) is 12.9. The van der Waals surface area contributed by atoms with Gasteiger partial charge in [0.2, 0.25) is 11.9 Å². The van der Waals surface area contributed by atoms with E-state index >= 15 is 0 Å². The number of aliphatic imine (C=N–C) groups is 1. The van der Waals surface area contributed by atoms with E-state index in [1.54, 1.807) is 0 Å². The Kier molecular flexibility index (Phi) is 12.6. The molecule has 2 heterocycles. The molecule has 50 heavy (non-hydrogen) atoms. The predicted octanol–water partition coefficient (Wildman–Crippen LogP) is 7.34. The summed E-state index contributed by atoms with van der Waals surface area (Å²) in [6.45, 7) is 20.9. The second-order valence-corrected chi connectivity index (χ2v) is 15.0. The van der Waals surface area contributed by atoms with Crippen LogP contribution in [0.2, 0.25) is 0 Å². The maximum Gasteiger partial charge on any atom is 0.410 e. The summed E-state index contributed by atoms with van der Waals surface area (Å²) < 4.78 is 5.67. The molecular weight excluding hydrogens is 626 g/mol. The molecule has 1 aliphatic rings. The summed E-state index contributed by atoms with van der Waals surface area (Å²) in [4.78, 5) is 38.6. The number of likely N-dealkylation sites (tertiary alicyclic amines) is 1. The van der Waals surface area contributed by atoms with Gasteiger partial charge in [0, 0.05) is 55.4 Å². The minimum absolute atomic E-state index is 0.0457. The van der Waals surface area contributed by atoms with Gasteiger partial charge >= 0.3 is 6.09 Å². The SMILES string of the molecule is CCN(CC)C(=O)C(C)(C)c1ccc2[nH]c(-c3cc(C)cc(C)c3)c(CCNC(=NCCC3CCCCN3C(=O)OC(C)(C)C)NC#N)c2c1. The number of aromatic amines is 1. The molecule has 0 spiro atoms. The highest BCUT2D eigenvalue weighted by molar-refractivity contribution is 5.94. The van der Waals surface area contributed by atoms with E-state index in [1.807, 2.05) is 64.5 Å². The van der Waals surface area contributed by atoms with E-state index in [2.05, 4.69) is 65.9 Å². The van der Waals surface area contributed by atoms with Gasteiger partial charge in [0.15, 0.2) is 6.19 Å². The van der Waals surface area contributed by atoms with Crippen LogP contribution in [0.1, 0.15) is 96.4 Å². The van der Waals surface area contributed by atoms with Gasteiger partial charge in [-0.15, -0.1) is 0 Å².